The van der Waals surface area contributed by atoms with Crippen molar-refractivity contribution in [3.8, 4) is 0 Å². The highest BCUT2D eigenvalue weighted by atomic mass is 16.1. The number of nitrogens with two attached hydrogens (primary N) is 1. The molecule has 0 aliphatic heterocycles. The zero-order chi connectivity index (χ0) is 13.5. The van der Waals surface area contributed by atoms with Gasteiger partial charge in [0.05, 0.1) is 0 Å². The molecule has 0 aromatic heterocycles. The van der Waals surface area contributed by atoms with Crippen LogP contribution in [-0.2, 0) is 6.54 Å². The van der Waals surface area contributed by atoms with Crippen molar-refractivity contribution in [2.45, 2.75) is 39.7 Å². The quantitative estimate of drug-likeness (QED) is 0.754. The Morgan fingerprint density at radius 1 is 1.28 bits per heavy atom. The van der Waals surface area contributed by atoms with E-state index in [2.05, 4.69) is 24.9 Å². The molecule has 0 bridgehead atoms. The van der Waals surface area contributed by atoms with E-state index in [9.17, 15) is 4.79 Å². The minimum atomic E-state index is -0.353. The van der Waals surface area contributed by atoms with Crippen molar-refractivity contribution in [2.75, 3.05) is 13.6 Å². The molecule has 0 aliphatic rings. The minimum Gasteiger partial charge on any atom is -0.366 e. The normalized spacial score (nSPS) is 10.9. The van der Waals surface area contributed by atoms with Gasteiger partial charge in [0.25, 0.3) is 0 Å². The SMILES string of the molecule is CCCCCN(C)Cc1cc(C)cc(C(N)=O)c1. The van der Waals surface area contributed by atoms with Crippen LogP contribution >= 0.6 is 0 Å². The largest absolute Gasteiger partial charge is 0.366 e. The van der Waals surface area contributed by atoms with E-state index in [1.54, 1.807) is 0 Å². The average Bonchev–Trinajstić information content (AvgIpc) is 2.28. The van der Waals surface area contributed by atoms with E-state index < -0.39 is 0 Å². The highest BCUT2D eigenvalue weighted by molar-refractivity contribution is 5.93. The maximum Gasteiger partial charge on any atom is 0.248 e. The molecule has 0 saturated carbocycles. The molecule has 0 atom stereocenters. The van der Waals surface area contributed by atoms with Crippen molar-refractivity contribution in [2.24, 2.45) is 5.73 Å². The molecule has 0 saturated heterocycles. The zero-order valence-corrected chi connectivity index (χ0v) is 11.7. The van der Waals surface area contributed by atoms with Gasteiger partial charge in [0.15, 0.2) is 0 Å². The summed E-state index contributed by atoms with van der Waals surface area (Å²) in [6.45, 7) is 6.16. The summed E-state index contributed by atoms with van der Waals surface area (Å²) in [5.41, 5.74) is 8.17. The average molecular weight is 248 g/mol. The monoisotopic (exact) mass is 248 g/mol. The summed E-state index contributed by atoms with van der Waals surface area (Å²) in [7, 11) is 2.11. The molecule has 3 heteroatoms. The summed E-state index contributed by atoms with van der Waals surface area (Å²) < 4.78 is 0. The van der Waals surface area contributed by atoms with Crippen LogP contribution in [0.2, 0.25) is 0 Å². The Balaban J connectivity index is 2.63. The van der Waals surface area contributed by atoms with Gasteiger partial charge < -0.3 is 10.6 Å². The van der Waals surface area contributed by atoms with Crippen molar-refractivity contribution in [3.63, 3.8) is 0 Å². The van der Waals surface area contributed by atoms with Crippen LogP contribution in [0.15, 0.2) is 18.2 Å². The first-order valence-corrected chi connectivity index (χ1v) is 6.62. The summed E-state index contributed by atoms with van der Waals surface area (Å²) >= 11 is 0. The lowest BCUT2D eigenvalue weighted by molar-refractivity contribution is 0.1000. The fourth-order valence-electron chi connectivity index (χ4n) is 2.12. The predicted octanol–water partition coefficient (Wildman–Crippen LogP) is 2.72. The Bertz CT molecular complexity index is 401. The maximum atomic E-state index is 11.2. The van der Waals surface area contributed by atoms with Crippen molar-refractivity contribution in [3.05, 3.63) is 34.9 Å². The first-order valence-electron chi connectivity index (χ1n) is 6.62. The molecule has 0 unspecified atom stereocenters. The van der Waals surface area contributed by atoms with Crippen molar-refractivity contribution >= 4 is 5.91 Å². The number of amides is 1. The third-order valence-corrected chi connectivity index (χ3v) is 3.02. The summed E-state index contributed by atoms with van der Waals surface area (Å²) in [5, 5.41) is 0. The van der Waals surface area contributed by atoms with Crippen LogP contribution in [0.4, 0.5) is 0 Å². The lowest BCUT2D eigenvalue weighted by Crippen LogP contribution is -2.20. The van der Waals surface area contributed by atoms with Gasteiger partial charge in [-0.3, -0.25) is 4.79 Å². The highest BCUT2D eigenvalue weighted by Crippen LogP contribution is 2.11. The molecule has 0 fully saturated rings. The standard InChI is InChI=1S/C15H24N2O/c1-4-5-6-7-17(3)11-13-8-12(2)9-14(10-13)15(16)18/h8-10H,4-7,11H2,1-3H3,(H2,16,18). The molecule has 1 aromatic carbocycles. The molecule has 18 heavy (non-hydrogen) atoms. The van der Waals surface area contributed by atoms with Gasteiger partial charge in [0, 0.05) is 12.1 Å². The molecule has 0 heterocycles. The minimum absolute atomic E-state index is 0.353. The van der Waals surface area contributed by atoms with Crippen molar-refractivity contribution in [1.82, 2.24) is 4.90 Å². The molecule has 1 amide bonds. The van der Waals surface area contributed by atoms with E-state index >= 15 is 0 Å². The summed E-state index contributed by atoms with van der Waals surface area (Å²) in [6, 6.07) is 5.84. The van der Waals surface area contributed by atoms with Crippen molar-refractivity contribution in [1.29, 1.82) is 0 Å². The first kappa shape index (κ1) is 14.7. The smallest absolute Gasteiger partial charge is 0.248 e. The van der Waals surface area contributed by atoms with E-state index in [0.717, 1.165) is 24.2 Å². The number of rotatable bonds is 7. The Kier molecular flexibility index (Phi) is 5.86. The van der Waals surface area contributed by atoms with Crippen LogP contribution in [-0.4, -0.2) is 24.4 Å². The molecule has 0 spiro atoms. The van der Waals surface area contributed by atoms with Crippen LogP contribution in [0.3, 0.4) is 0 Å². The number of carbonyl (C=O) groups excluding carboxylic acids is 1. The van der Waals surface area contributed by atoms with Gasteiger partial charge in [-0.15, -0.1) is 0 Å². The molecule has 100 valence electrons. The number of hydrogen-bond donors (Lipinski definition) is 1. The molecule has 0 radical (unpaired) electrons. The number of aryl methyl sites for hydroxylation is 1. The maximum absolute atomic E-state index is 11.2. The molecular weight excluding hydrogens is 224 g/mol. The lowest BCUT2D eigenvalue weighted by Gasteiger charge is -2.17. The van der Waals surface area contributed by atoms with E-state index in [1.807, 2.05) is 19.1 Å². The van der Waals surface area contributed by atoms with E-state index in [1.165, 1.54) is 19.3 Å². The molecule has 2 N–H and O–H groups in total. The Hall–Kier alpha value is -1.35. The van der Waals surface area contributed by atoms with Crippen LogP contribution in [0.1, 0.15) is 47.7 Å². The van der Waals surface area contributed by atoms with Gasteiger partial charge >= 0.3 is 0 Å². The number of benzene rings is 1. The summed E-state index contributed by atoms with van der Waals surface area (Å²) in [5.74, 6) is -0.353. The fourth-order valence-corrected chi connectivity index (χ4v) is 2.12. The summed E-state index contributed by atoms with van der Waals surface area (Å²) in [6.07, 6.45) is 3.73. The van der Waals surface area contributed by atoms with Crippen LogP contribution in [0.25, 0.3) is 0 Å². The van der Waals surface area contributed by atoms with Gasteiger partial charge in [-0.05, 0) is 44.6 Å². The second-order valence-corrected chi connectivity index (χ2v) is 5.02. The molecule has 1 rings (SSSR count). The molecule has 0 aliphatic carbocycles. The summed E-state index contributed by atoms with van der Waals surface area (Å²) in [4.78, 5) is 13.5. The van der Waals surface area contributed by atoms with E-state index in [4.69, 9.17) is 5.73 Å². The Morgan fingerprint density at radius 3 is 2.61 bits per heavy atom. The third-order valence-electron chi connectivity index (χ3n) is 3.02. The molecule has 1 aromatic rings. The number of primary amides is 1. The Labute approximate surface area is 110 Å². The van der Waals surface area contributed by atoms with Crippen LogP contribution < -0.4 is 5.73 Å². The molecular formula is C15H24N2O. The third kappa shape index (κ3) is 4.88. The lowest BCUT2D eigenvalue weighted by atomic mass is 10.1. The highest BCUT2D eigenvalue weighted by Gasteiger charge is 2.05. The van der Waals surface area contributed by atoms with E-state index in [0.29, 0.717) is 5.56 Å². The van der Waals surface area contributed by atoms with Gasteiger partial charge in [-0.25, -0.2) is 0 Å². The second kappa shape index (κ2) is 7.17. The van der Waals surface area contributed by atoms with Crippen molar-refractivity contribution < 1.29 is 4.79 Å². The van der Waals surface area contributed by atoms with E-state index in [-0.39, 0.29) is 5.91 Å². The van der Waals surface area contributed by atoms with Gasteiger partial charge in [-0.1, -0.05) is 31.4 Å². The number of carbonyl (C=O) groups is 1. The first-order chi connectivity index (χ1) is 8.52. The van der Waals surface area contributed by atoms with Gasteiger partial charge in [0.1, 0.15) is 0 Å². The number of unbranched alkanes of at least 4 members (excludes halogenated alkanes) is 2. The number of hydrogen-bond acceptors (Lipinski definition) is 2. The predicted molar refractivity (Wildman–Crippen MR) is 75.6 cm³/mol. The van der Waals surface area contributed by atoms with Crippen LogP contribution in [0, 0.1) is 6.92 Å². The van der Waals surface area contributed by atoms with Gasteiger partial charge in [0.2, 0.25) is 5.91 Å². The fraction of sp³-hybridized carbons (Fsp3) is 0.533. The number of nitrogens with zero attached hydrogens (tertiary/aromatic N) is 1. The molecule has 3 nitrogen and oxygen atoms in total. The van der Waals surface area contributed by atoms with Gasteiger partial charge in [-0.2, -0.15) is 0 Å². The second-order valence-electron chi connectivity index (χ2n) is 5.02. The van der Waals surface area contributed by atoms with Crippen LogP contribution in [0.5, 0.6) is 0 Å². The zero-order valence-electron chi connectivity index (χ0n) is 11.7. The Morgan fingerprint density at radius 2 is 2.00 bits per heavy atom. The topological polar surface area (TPSA) is 46.3 Å².